The Morgan fingerprint density at radius 2 is 1.81 bits per heavy atom. The Hall–Kier alpha value is -1.69. The average Bonchev–Trinajstić information content (AvgIpc) is 2.69. The number of carbonyl (C=O) groups is 1. The Morgan fingerprint density at radius 3 is 2.43 bits per heavy atom. The van der Waals surface area contributed by atoms with Gasteiger partial charge in [-0.1, -0.05) is 19.3 Å². The van der Waals surface area contributed by atoms with Crippen molar-refractivity contribution in [1.29, 1.82) is 0 Å². The molecule has 4 nitrogen and oxygen atoms in total. The molecule has 1 aromatic rings. The molecule has 1 saturated carbocycles. The summed E-state index contributed by atoms with van der Waals surface area (Å²) in [6.45, 7) is -0.0246. The number of rotatable bonds is 3. The molecule has 0 radical (unpaired) electrons. The fourth-order valence-electron chi connectivity index (χ4n) is 2.74. The van der Waals surface area contributed by atoms with Crippen molar-refractivity contribution in [1.82, 2.24) is 5.32 Å². The zero-order chi connectivity index (χ0) is 15.4. The van der Waals surface area contributed by atoms with Gasteiger partial charge in [-0.15, -0.1) is 0 Å². The summed E-state index contributed by atoms with van der Waals surface area (Å²) in [6, 6.07) is 1.40. The van der Waals surface area contributed by atoms with E-state index in [2.05, 4.69) is 5.32 Å². The number of nitrogens with one attached hydrogen (secondary N) is 1. The van der Waals surface area contributed by atoms with Crippen LogP contribution in [0.2, 0.25) is 0 Å². The van der Waals surface area contributed by atoms with Crippen LogP contribution in [0, 0.1) is 17.6 Å². The highest BCUT2D eigenvalue weighted by atomic mass is 19.1. The standard InChI is InChI=1S/C15H19F2NO3/c16-11-6-10(7-12(17)14(11)20)15(21)18-13-5-3-1-2-4-9(13)8-19/h6-7,9,13,19-20H,1-5,8H2,(H,18,21)/t9-,13-/m0/s1. The number of hydrogen-bond acceptors (Lipinski definition) is 3. The maximum Gasteiger partial charge on any atom is 0.251 e. The number of phenols is 1. The number of carbonyl (C=O) groups excluding carboxylic acids is 1. The van der Waals surface area contributed by atoms with E-state index in [4.69, 9.17) is 5.11 Å². The van der Waals surface area contributed by atoms with Crippen molar-refractivity contribution < 1.29 is 23.8 Å². The zero-order valence-electron chi connectivity index (χ0n) is 11.6. The molecule has 2 rings (SSSR count). The minimum Gasteiger partial charge on any atom is -0.503 e. The molecule has 0 bridgehead atoms. The van der Waals surface area contributed by atoms with E-state index in [9.17, 15) is 18.7 Å². The Bertz CT molecular complexity index is 499. The minimum atomic E-state index is -1.17. The molecule has 1 amide bonds. The fourth-order valence-corrected chi connectivity index (χ4v) is 2.74. The minimum absolute atomic E-state index is 0.0246. The SMILES string of the molecule is O=C(N[C@H]1CCCCC[C@H]1CO)c1cc(F)c(O)c(F)c1. The van der Waals surface area contributed by atoms with Crippen molar-refractivity contribution >= 4 is 5.91 Å². The predicted molar refractivity (Wildman–Crippen MR) is 72.9 cm³/mol. The van der Waals surface area contributed by atoms with Crippen LogP contribution in [0.5, 0.6) is 5.75 Å². The molecular weight excluding hydrogens is 280 g/mol. The number of hydrogen-bond donors (Lipinski definition) is 3. The molecule has 0 aliphatic heterocycles. The van der Waals surface area contributed by atoms with Crippen molar-refractivity contribution in [3.8, 4) is 5.75 Å². The van der Waals surface area contributed by atoms with Crippen molar-refractivity contribution in [2.75, 3.05) is 6.61 Å². The van der Waals surface area contributed by atoms with Gasteiger partial charge in [0, 0.05) is 24.1 Å². The third-order valence-corrected chi connectivity index (χ3v) is 3.99. The largest absolute Gasteiger partial charge is 0.503 e. The van der Waals surface area contributed by atoms with Gasteiger partial charge < -0.3 is 15.5 Å². The van der Waals surface area contributed by atoms with Crippen molar-refractivity contribution in [3.63, 3.8) is 0 Å². The van der Waals surface area contributed by atoms with Crippen LogP contribution in [0.15, 0.2) is 12.1 Å². The number of aliphatic hydroxyl groups is 1. The predicted octanol–water partition coefficient (Wildman–Crippen LogP) is 2.34. The highest BCUT2D eigenvalue weighted by Crippen LogP contribution is 2.25. The summed E-state index contributed by atoms with van der Waals surface area (Å²) in [4.78, 5) is 12.1. The van der Waals surface area contributed by atoms with E-state index in [1.165, 1.54) is 0 Å². The van der Waals surface area contributed by atoms with Crippen LogP contribution in [0.25, 0.3) is 0 Å². The van der Waals surface area contributed by atoms with E-state index >= 15 is 0 Å². The topological polar surface area (TPSA) is 69.6 Å². The van der Waals surface area contributed by atoms with Crippen LogP contribution in [0.3, 0.4) is 0 Å². The van der Waals surface area contributed by atoms with Gasteiger partial charge >= 0.3 is 0 Å². The summed E-state index contributed by atoms with van der Waals surface area (Å²) in [7, 11) is 0. The first-order valence-electron chi connectivity index (χ1n) is 7.12. The van der Waals surface area contributed by atoms with Crippen molar-refractivity contribution in [2.24, 2.45) is 5.92 Å². The number of phenolic OH excluding ortho intramolecular Hbond substituents is 1. The van der Waals surface area contributed by atoms with Crippen LogP contribution in [-0.4, -0.2) is 28.8 Å². The van der Waals surface area contributed by atoms with Gasteiger partial charge in [0.2, 0.25) is 0 Å². The maximum atomic E-state index is 13.3. The fraction of sp³-hybridized carbons (Fsp3) is 0.533. The van der Waals surface area contributed by atoms with E-state index in [0.29, 0.717) is 0 Å². The number of aliphatic hydroxyl groups excluding tert-OH is 1. The van der Waals surface area contributed by atoms with E-state index < -0.39 is 23.3 Å². The van der Waals surface area contributed by atoms with Gasteiger partial charge in [-0.3, -0.25) is 4.79 Å². The molecule has 2 atom stereocenters. The number of aromatic hydroxyl groups is 1. The molecule has 0 saturated heterocycles. The lowest BCUT2D eigenvalue weighted by Gasteiger charge is -2.24. The summed E-state index contributed by atoms with van der Waals surface area (Å²) in [5, 5.41) is 21.2. The molecule has 1 aromatic carbocycles. The van der Waals surface area contributed by atoms with Crippen LogP contribution in [0.1, 0.15) is 42.5 Å². The molecule has 0 aromatic heterocycles. The highest BCUT2D eigenvalue weighted by molar-refractivity contribution is 5.94. The second kappa shape index (κ2) is 6.85. The van der Waals surface area contributed by atoms with E-state index in [-0.39, 0.29) is 24.1 Å². The molecule has 116 valence electrons. The molecule has 21 heavy (non-hydrogen) atoms. The van der Waals surface area contributed by atoms with Gasteiger partial charge in [-0.2, -0.15) is 0 Å². The smallest absolute Gasteiger partial charge is 0.251 e. The van der Waals surface area contributed by atoms with Crippen LogP contribution in [-0.2, 0) is 0 Å². The summed E-state index contributed by atoms with van der Waals surface area (Å²) in [5.41, 5.74) is -0.177. The van der Waals surface area contributed by atoms with Gasteiger partial charge in [-0.05, 0) is 25.0 Å². The van der Waals surface area contributed by atoms with E-state index in [1.807, 2.05) is 0 Å². The summed E-state index contributed by atoms with van der Waals surface area (Å²) in [6.07, 6.45) is 4.55. The molecule has 1 aliphatic rings. The molecule has 3 N–H and O–H groups in total. The maximum absolute atomic E-state index is 13.3. The zero-order valence-corrected chi connectivity index (χ0v) is 11.6. The van der Waals surface area contributed by atoms with Gasteiger partial charge in [-0.25, -0.2) is 8.78 Å². The highest BCUT2D eigenvalue weighted by Gasteiger charge is 2.25. The van der Waals surface area contributed by atoms with Gasteiger partial charge in [0.15, 0.2) is 17.4 Å². The number of amides is 1. The van der Waals surface area contributed by atoms with Gasteiger partial charge in [0.1, 0.15) is 0 Å². The normalized spacial score (nSPS) is 22.6. The van der Waals surface area contributed by atoms with Crippen LogP contribution < -0.4 is 5.32 Å². The Kier molecular flexibility index (Phi) is 5.12. The number of benzene rings is 1. The lowest BCUT2D eigenvalue weighted by molar-refractivity contribution is 0.0898. The molecule has 1 aliphatic carbocycles. The summed E-state index contributed by atoms with van der Waals surface area (Å²) in [5.74, 6) is -4.06. The number of halogens is 2. The Balaban J connectivity index is 2.12. The molecule has 6 heteroatoms. The summed E-state index contributed by atoms with van der Waals surface area (Å²) < 4.78 is 26.6. The van der Waals surface area contributed by atoms with E-state index in [1.54, 1.807) is 0 Å². The lowest BCUT2D eigenvalue weighted by atomic mass is 9.95. The first-order chi connectivity index (χ1) is 10.0. The molecule has 0 heterocycles. The molecule has 0 unspecified atom stereocenters. The van der Waals surface area contributed by atoms with Crippen molar-refractivity contribution in [2.45, 2.75) is 38.1 Å². The van der Waals surface area contributed by atoms with E-state index in [0.717, 1.165) is 44.2 Å². The first-order valence-corrected chi connectivity index (χ1v) is 7.12. The lowest BCUT2D eigenvalue weighted by Crippen LogP contribution is -2.41. The molecular formula is C15H19F2NO3. The third kappa shape index (κ3) is 3.69. The second-order valence-corrected chi connectivity index (χ2v) is 5.45. The van der Waals surface area contributed by atoms with Crippen LogP contribution >= 0.6 is 0 Å². The van der Waals surface area contributed by atoms with Crippen molar-refractivity contribution in [3.05, 3.63) is 29.3 Å². The molecule has 1 fully saturated rings. The van der Waals surface area contributed by atoms with Crippen LogP contribution in [0.4, 0.5) is 8.78 Å². The average molecular weight is 299 g/mol. The Labute approximate surface area is 121 Å². The Morgan fingerprint density at radius 1 is 1.19 bits per heavy atom. The van der Waals surface area contributed by atoms with Gasteiger partial charge in [0.05, 0.1) is 0 Å². The quantitative estimate of drug-likeness (QED) is 0.750. The monoisotopic (exact) mass is 299 g/mol. The second-order valence-electron chi connectivity index (χ2n) is 5.45. The first kappa shape index (κ1) is 15.7. The third-order valence-electron chi connectivity index (χ3n) is 3.99. The van der Waals surface area contributed by atoms with Gasteiger partial charge in [0.25, 0.3) is 5.91 Å². The molecule has 0 spiro atoms. The summed E-state index contributed by atoms with van der Waals surface area (Å²) >= 11 is 0.